The summed E-state index contributed by atoms with van der Waals surface area (Å²) >= 11 is 15.2. The molecule has 0 aromatic heterocycles. The van der Waals surface area contributed by atoms with Crippen molar-refractivity contribution in [3.63, 3.8) is 0 Å². The molecule has 0 heterocycles. The van der Waals surface area contributed by atoms with E-state index in [1.54, 1.807) is 36.4 Å². The summed E-state index contributed by atoms with van der Waals surface area (Å²) in [4.78, 5) is 26.2. The van der Waals surface area contributed by atoms with E-state index in [1.165, 1.54) is 6.38 Å². The number of hydrogen-bond acceptors (Lipinski definition) is 3. The number of ketones is 2. The van der Waals surface area contributed by atoms with Gasteiger partial charge >= 0.3 is 0 Å². The minimum absolute atomic E-state index is 0.155. The highest BCUT2D eigenvalue weighted by molar-refractivity contribution is 9.11. The van der Waals surface area contributed by atoms with Crippen molar-refractivity contribution < 1.29 is 9.59 Å². The third kappa shape index (κ3) is 4.08. The van der Waals surface area contributed by atoms with Gasteiger partial charge in [-0.15, -0.1) is 11.6 Å². The van der Waals surface area contributed by atoms with Crippen LogP contribution in [-0.2, 0) is 0 Å². The third-order valence-electron chi connectivity index (χ3n) is 4.47. The number of hydrogen-bond donors (Lipinski definition) is 1. The molecular weight excluding hydrogens is 585 g/mol. The Hall–Kier alpha value is -1.47. The van der Waals surface area contributed by atoms with Gasteiger partial charge < -0.3 is 5.32 Å². The first-order valence-corrected chi connectivity index (χ1v) is 11.6. The molecule has 29 heavy (non-hydrogen) atoms. The van der Waals surface area contributed by atoms with Crippen molar-refractivity contribution in [1.82, 2.24) is 0 Å². The monoisotopic (exact) mass is 597 g/mol. The van der Waals surface area contributed by atoms with Crippen molar-refractivity contribution in [3.8, 4) is 0 Å². The molecule has 148 valence electrons. The fourth-order valence-electron chi connectivity index (χ4n) is 3.24. The van der Waals surface area contributed by atoms with Crippen molar-refractivity contribution >= 4 is 82.3 Å². The molecular formula is C22H15Br3ClNO2. The van der Waals surface area contributed by atoms with Gasteiger partial charge in [0.2, 0.25) is 0 Å². The summed E-state index contributed by atoms with van der Waals surface area (Å²) in [5, 5.41) is 3.32. The normalized spacial score (nSPS) is 11.9. The van der Waals surface area contributed by atoms with Gasteiger partial charge in [0.15, 0.2) is 11.6 Å². The summed E-state index contributed by atoms with van der Waals surface area (Å²) in [6.45, 7) is 2.00. The van der Waals surface area contributed by atoms with Crippen LogP contribution in [0, 0.1) is 6.92 Å². The Morgan fingerprint density at radius 3 is 1.83 bits per heavy atom. The van der Waals surface area contributed by atoms with Gasteiger partial charge in [-0.25, -0.2) is 0 Å². The number of alkyl halides is 1. The van der Waals surface area contributed by atoms with E-state index in [9.17, 15) is 9.59 Å². The Labute approximate surface area is 199 Å². The van der Waals surface area contributed by atoms with Crippen LogP contribution >= 0.6 is 59.4 Å². The van der Waals surface area contributed by atoms with Crippen molar-refractivity contribution in [1.29, 1.82) is 0 Å². The molecule has 0 bridgehead atoms. The Morgan fingerprint density at radius 2 is 1.28 bits per heavy atom. The van der Waals surface area contributed by atoms with E-state index in [-0.39, 0.29) is 11.6 Å². The number of carbonyl (C=O) groups excluding carboxylic acids is 2. The first-order valence-electron chi connectivity index (χ1n) is 8.50. The van der Waals surface area contributed by atoms with Crippen LogP contribution in [0.5, 0.6) is 0 Å². The molecule has 1 N–H and O–H groups in total. The molecule has 1 aliphatic carbocycles. The lowest BCUT2D eigenvalue weighted by atomic mass is 9.83. The molecule has 3 nitrogen and oxygen atoms in total. The second-order valence-corrected chi connectivity index (χ2v) is 8.84. The fraction of sp³-hybridized carbons (Fsp3) is 0.0909. The van der Waals surface area contributed by atoms with E-state index in [4.69, 9.17) is 0 Å². The number of anilines is 2. The third-order valence-corrected chi connectivity index (χ3v) is 6.38. The van der Waals surface area contributed by atoms with Crippen molar-refractivity contribution in [3.05, 3.63) is 89.8 Å². The average Bonchev–Trinajstić information content (AvgIpc) is 2.71. The molecule has 0 saturated carbocycles. The van der Waals surface area contributed by atoms with Gasteiger partial charge in [0.05, 0.1) is 22.5 Å². The van der Waals surface area contributed by atoms with Crippen molar-refractivity contribution in [2.24, 2.45) is 0 Å². The first kappa shape index (κ1) is 22.2. The summed E-state index contributed by atoms with van der Waals surface area (Å²) in [5.74, 6) is -0.318. The molecule has 0 saturated heterocycles. The van der Waals surface area contributed by atoms with Gasteiger partial charge in [-0.1, -0.05) is 40.2 Å². The van der Waals surface area contributed by atoms with Gasteiger partial charge in [-0.3, -0.25) is 9.59 Å². The number of aryl methyl sites for hydroxylation is 1. The summed E-state index contributed by atoms with van der Waals surface area (Å²) in [6, 6.07) is 14.5. The maximum Gasteiger partial charge on any atom is 0.196 e. The second kappa shape index (κ2) is 9.13. The van der Waals surface area contributed by atoms with E-state index in [0.29, 0.717) is 32.4 Å². The lowest BCUT2D eigenvalue weighted by molar-refractivity contribution is 0.0979. The molecule has 0 unspecified atom stereocenters. The van der Waals surface area contributed by atoms with E-state index in [1.807, 2.05) is 19.1 Å². The van der Waals surface area contributed by atoms with E-state index in [0.717, 1.165) is 20.2 Å². The van der Waals surface area contributed by atoms with E-state index >= 15 is 0 Å². The molecule has 3 aromatic rings. The predicted octanol–water partition coefficient (Wildman–Crippen LogP) is 7.66. The number of carbonyl (C=O) groups is 2. The Bertz CT molecular complexity index is 1120. The molecule has 0 amide bonds. The molecule has 4 rings (SSSR count). The van der Waals surface area contributed by atoms with Crippen LogP contribution in [0.25, 0.3) is 0 Å². The van der Waals surface area contributed by atoms with Gasteiger partial charge in [0.25, 0.3) is 0 Å². The molecule has 1 aliphatic rings. The molecule has 0 radical (unpaired) electrons. The highest BCUT2D eigenvalue weighted by Gasteiger charge is 2.33. The number of fused-ring (bicyclic) bond motifs is 2. The average molecular weight is 601 g/mol. The predicted molar refractivity (Wildman–Crippen MR) is 129 cm³/mol. The molecule has 0 fully saturated rings. The quantitative estimate of drug-likeness (QED) is 0.241. The van der Waals surface area contributed by atoms with E-state index < -0.39 is 0 Å². The maximum atomic E-state index is 13.2. The lowest BCUT2D eigenvalue weighted by Crippen LogP contribution is -2.22. The van der Waals surface area contributed by atoms with Crippen molar-refractivity contribution in [2.75, 3.05) is 11.7 Å². The smallest absolute Gasteiger partial charge is 0.196 e. The van der Waals surface area contributed by atoms with Crippen molar-refractivity contribution in [2.45, 2.75) is 6.92 Å². The Kier molecular flexibility index (Phi) is 6.99. The van der Waals surface area contributed by atoms with Crippen LogP contribution in [0.2, 0.25) is 0 Å². The first-order chi connectivity index (χ1) is 13.9. The molecule has 0 aliphatic heterocycles. The minimum atomic E-state index is -0.164. The highest BCUT2D eigenvalue weighted by Crippen LogP contribution is 2.40. The largest absolute Gasteiger partial charge is 0.353 e. The number of benzene rings is 3. The number of rotatable bonds is 2. The summed E-state index contributed by atoms with van der Waals surface area (Å²) in [5.41, 5.74) is 4.12. The zero-order chi connectivity index (χ0) is 21.3. The minimum Gasteiger partial charge on any atom is -0.353 e. The van der Waals surface area contributed by atoms with E-state index in [2.05, 4.69) is 64.7 Å². The lowest BCUT2D eigenvalue weighted by Gasteiger charge is -2.22. The van der Waals surface area contributed by atoms with Crippen LogP contribution in [0.1, 0.15) is 37.4 Å². The van der Waals surface area contributed by atoms with Crippen LogP contribution < -0.4 is 5.32 Å². The zero-order valence-corrected chi connectivity index (χ0v) is 21.0. The number of nitrogens with one attached hydrogen (secondary N) is 1. The summed E-state index contributed by atoms with van der Waals surface area (Å²) in [7, 11) is 0. The molecule has 0 spiro atoms. The van der Waals surface area contributed by atoms with Gasteiger partial charge in [-0.05, 0) is 68.6 Å². The van der Waals surface area contributed by atoms with Crippen LogP contribution in [0.3, 0.4) is 0 Å². The Morgan fingerprint density at radius 1 is 0.759 bits per heavy atom. The maximum absolute atomic E-state index is 13.2. The van der Waals surface area contributed by atoms with Gasteiger partial charge in [0.1, 0.15) is 0 Å². The molecule has 7 heteroatoms. The highest BCUT2D eigenvalue weighted by atomic mass is 79.9. The summed E-state index contributed by atoms with van der Waals surface area (Å²) in [6.07, 6.45) is 1.47. The van der Waals surface area contributed by atoms with Gasteiger partial charge in [0, 0.05) is 30.9 Å². The standard InChI is InChI=1S/C21H12Br3NO2.CH3Cl/c1-10-8-14(23)19(15(24)9-10)25-16-7-6-13(22)17-18(16)21(27)12-5-3-2-4-11(12)20(17)26;1-2/h2-9,25H,1H3;1H3. The molecule has 0 atom stereocenters. The summed E-state index contributed by atoms with van der Waals surface area (Å²) < 4.78 is 2.33. The fourth-order valence-corrected chi connectivity index (χ4v) is 5.37. The van der Waals surface area contributed by atoms with Gasteiger partial charge in [-0.2, -0.15) is 0 Å². The Balaban J connectivity index is 0.00000117. The zero-order valence-electron chi connectivity index (χ0n) is 15.4. The topological polar surface area (TPSA) is 46.2 Å². The SMILES string of the molecule is CCl.Cc1cc(Br)c(Nc2ccc(Br)c3c2C(=O)c2ccccc2C3=O)c(Br)c1. The van der Waals surface area contributed by atoms with Crippen LogP contribution in [-0.4, -0.2) is 17.9 Å². The molecule has 3 aromatic carbocycles. The number of halogens is 4. The van der Waals surface area contributed by atoms with Crippen LogP contribution in [0.4, 0.5) is 11.4 Å². The second-order valence-electron chi connectivity index (χ2n) is 6.28. The van der Waals surface area contributed by atoms with Crippen LogP contribution in [0.15, 0.2) is 61.9 Å².